The summed E-state index contributed by atoms with van der Waals surface area (Å²) in [6, 6.07) is 0. The van der Waals surface area contributed by atoms with Gasteiger partial charge in [-0.3, -0.25) is 9.59 Å². The average molecular weight is 334 g/mol. The number of carbonyl (C=O) groups excluding carboxylic acids is 1. The van der Waals surface area contributed by atoms with Crippen molar-refractivity contribution in [3.05, 3.63) is 16.0 Å². The molecule has 126 valence electrons. The summed E-state index contributed by atoms with van der Waals surface area (Å²) in [6.07, 6.45) is 5.57. The fourth-order valence-corrected chi connectivity index (χ4v) is 1.93. The van der Waals surface area contributed by atoms with Gasteiger partial charge in [0, 0.05) is 6.42 Å². The molecule has 22 heavy (non-hydrogen) atoms. The number of halogens is 1. The predicted octanol–water partition coefficient (Wildman–Crippen LogP) is 0.802. The van der Waals surface area contributed by atoms with Gasteiger partial charge in [-0.1, -0.05) is 19.3 Å². The van der Waals surface area contributed by atoms with Crippen LogP contribution in [-0.2, 0) is 16.0 Å². The Hall–Kier alpha value is -1.83. The Kier molecular flexibility index (Phi) is 9.93. The molecule has 1 aromatic rings. The second-order valence-corrected chi connectivity index (χ2v) is 4.75. The van der Waals surface area contributed by atoms with Gasteiger partial charge >= 0.3 is 5.97 Å². The van der Waals surface area contributed by atoms with E-state index in [2.05, 4.69) is 10.2 Å². The number of hydrogen-bond donors (Lipinski definition) is 2. The third-order valence-corrected chi connectivity index (χ3v) is 3.09. The number of ether oxygens (including phenoxy) is 1. The lowest BCUT2D eigenvalue weighted by molar-refractivity contribution is -0.143. The van der Waals surface area contributed by atoms with Gasteiger partial charge < -0.3 is 16.3 Å². The summed E-state index contributed by atoms with van der Waals surface area (Å²) >= 11 is 0. The summed E-state index contributed by atoms with van der Waals surface area (Å²) in [5.74, 6) is 5.20. The van der Waals surface area contributed by atoms with E-state index < -0.39 is 5.56 Å². The fourth-order valence-electron chi connectivity index (χ4n) is 1.93. The van der Waals surface area contributed by atoms with Crippen LogP contribution in [0.25, 0.3) is 0 Å². The molecular formula is C13H24ClN5O3. The number of nitrogens with two attached hydrogens (primary N) is 2. The zero-order chi connectivity index (χ0) is 15.7. The third kappa shape index (κ3) is 6.75. The lowest BCUT2D eigenvalue weighted by Gasteiger charge is -2.04. The van der Waals surface area contributed by atoms with Crippen LogP contribution in [0.4, 0.5) is 5.95 Å². The van der Waals surface area contributed by atoms with Gasteiger partial charge in [-0.15, -0.1) is 22.6 Å². The normalized spacial score (nSPS) is 10.0. The monoisotopic (exact) mass is 333 g/mol. The number of hydrogen-bond acceptors (Lipinski definition) is 7. The second-order valence-electron chi connectivity index (χ2n) is 4.75. The maximum absolute atomic E-state index is 11.7. The first kappa shape index (κ1) is 20.2. The minimum Gasteiger partial charge on any atom is -0.466 e. The van der Waals surface area contributed by atoms with Gasteiger partial charge in [0.15, 0.2) is 0 Å². The van der Waals surface area contributed by atoms with E-state index in [9.17, 15) is 9.59 Å². The van der Waals surface area contributed by atoms with Gasteiger partial charge in [0.2, 0.25) is 5.95 Å². The quantitative estimate of drug-likeness (QED) is 0.389. The Balaban J connectivity index is 0.00000441. The Morgan fingerprint density at radius 1 is 1.18 bits per heavy atom. The molecule has 1 heterocycles. The van der Waals surface area contributed by atoms with Crippen LogP contribution in [0.1, 0.15) is 51.1 Å². The summed E-state index contributed by atoms with van der Waals surface area (Å²) in [7, 11) is 0. The van der Waals surface area contributed by atoms with Crippen LogP contribution in [0.2, 0.25) is 0 Å². The molecule has 0 aliphatic rings. The molecule has 0 bridgehead atoms. The average Bonchev–Trinajstić information content (AvgIpc) is 2.46. The Morgan fingerprint density at radius 3 is 2.50 bits per heavy atom. The van der Waals surface area contributed by atoms with Crippen LogP contribution < -0.4 is 17.1 Å². The van der Waals surface area contributed by atoms with Crippen LogP contribution in [0.15, 0.2) is 4.79 Å². The first-order chi connectivity index (χ1) is 10.1. The van der Waals surface area contributed by atoms with E-state index in [-0.39, 0.29) is 24.3 Å². The number of nitrogen functional groups attached to an aromatic ring is 2. The van der Waals surface area contributed by atoms with E-state index in [4.69, 9.17) is 16.3 Å². The molecule has 0 aliphatic heterocycles. The highest BCUT2D eigenvalue weighted by Crippen LogP contribution is 2.08. The van der Waals surface area contributed by atoms with Crippen LogP contribution in [-0.4, -0.2) is 27.4 Å². The van der Waals surface area contributed by atoms with Crippen molar-refractivity contribution in [3.8, 4) is 0 Å². The van der Waals surface area contributed by atoms with Crippen LogP contribution in [0.3, 0.4) is 0 Å². The number of aromatic nitrogens is 3. The molecule has 0 unspecified atom stereocenters. The van der Waals surface area contributed by atoms with E-state index in [0.29, 0.717) is 25.1 Å². The lowest BCUT2D eigenvalue weighted by Crippen LogP contribution is -2.34. The van der Waals surface area contributed by atoms with Gasteiger partial charge in [-0.2, -0.15) is 4.68 Å². The van der Waals surface area contributed by atoms with Crippen molar-refractivity contribution >= 4 is 24.3 Å². The number of carbonyl (C=O) groups is 1. The van der Waals surface area contributed by atoms with Crippen LogP contribution >= 0.6 is 12.4 Å². The Bertz CT molecular complexity index is 521. The second kappa shape index (κ2) is 10.8. The van der Waals surface area contributed by atoms with Crippen molar-refractivity contribution in [1.29, 1.82) is 0 Å². The van der Waals surface area contributed by atoms with Crippen molar-refractivity contribution in [2.45, 2.75) is 51.9 Å². The fraction of sp³-hybridized carbons (Fsp3) is 0.692. The van der Waals surface area contributed by atoms with Gasteiger partial charge in [-0.05, 0) is 26.2 Å². The first-order valence-corrected chi connectivity index (χ1v) is 7.21. The van der Waals surface area contributed by atoms with E-state index in [1.54, 1.807) is 6.92 Å². The topological polar surface area (TPSA) is 126 Å². The minimum atomic E-state index is -0.398. The molecule has 9 heteroatoms. The Labute approximate surface area is 135 Å². The zero-order valence-corrected chi connectivity index (χ0v) is 13.6. The summed E-state index contributed by atoms with van der Waals surface area (Å²) in [6.45, 7) is 2.23. The first-order valence-electron chi connectivity index (χ1n) is 7.21. The predicted molar refractivity (Wildman–Crippen MR) is 86.1 cm³/mol. The largest absolute Gasteiger partial charge is 0.466 e. The molecule has 1 aromatic heterocycles. The highest BCUT2D eigenvalue weighted by Gasteiger charge is 2.07. The van der Waals surface area contributed by atoms with E-state index >= 15 is 0 Å². The number of nitrogens with zero attached hydrogens (tertiary/aromatic N) is 3. The van der Waals surface area contributed by atoms with Crippen molar-refractivity contribution in [1.82, 2.24) is 14.9 Å². The SMILES string of the molecule is CCOC(=O)CCCCCCCc1nnc(N)n(N)c1=O.Cl. The van der Waals surface area contributed by atoms with Gasteiger partial charge in [0.1, 0.15) is 5.69 Å². The van der Waals surface area contributed by atoms with Gasteiger partial charge in [0.05, 0.1) is 6.61 Å². The third-order valence-electron chi connectivity index (χ3n) is 3.09. The highest BCUT2D eigenvalue weighted by molar-refractivity contribution is 5.85. The number of aryl methyl sites for hydroxylation is 1. The smallest absolute Gasteiger partial charge is 0.305 e. The summed E-state index contributed by atoms with van der Waals surface area (Å²) in [5, 5.41) is 7.39. The van der Waals surface area contributed by atoms with Crippen molar-refractivity contribution in [2.75, 3.05) is 18.2 Å². The van der Waals surface area contributed by atoms with Gasteiger partial charge in [0.25, 0.3) is 5.56 Å². The van der Waals surface area contributed by atoms with Crippen LogP contribution in [0.5, 0.6) is 0 Å². The van der Waals surface area contributed by atoms with Crippen molar-refractivity contribution < 1.29 is 9.53 Å². The lowest BCUT2D eigenvalue weighted by atomic mass is 10.1. The number of anilines is 1. The number of rotatable bonds is 9. The van der Waals surface area contributed by atoms with E-state index in [1.807, 2.05) is 0 Å². The minimum absolute atomic E-state index is 0. The standard InChI is InChI=1S/C13H23N5O3.ClH/c1-2-21-11(19)9-7-5-3-4-6-8-10-12(20)18(15)13(14)17-16-10;/h2-9,15H2,1H3,(H2,14,17);1H. The van der Waals surface area contributed by atoms with Crippen molar-refractivity contribution in [3.63, 3.8) is 0 Å². The maximum Gasteiger partial charge on any atom is 0.305 e. The molecular weight excluding hydrogens is 310 g/mol. The molecule has 0 spiro atoms. The van der Waals surface area contributed by atoms with Gasteiger partial charge in [-0.25, -0.2) is 0 Å². The summed E-state index contributed by atoms with van der Waals surface area (Å²) < 4.78 is 5.66. The molecule has 1 rings (SSSR count). The number of esters is 1. The molecule has 0 aromatic carbocycles. The number of unbranched alkanes of at least 4 members (excludes halogenated alkanes) is 4. The molecule has 0 saturated carbocycles. The van der Waals surface area contributed by atoms with Crippen molar-refractivity contribution in [2.24, 2.45) is 0 Å². The van der Waals surface area contributed by atoms with Crippen LogP contribution in [0, 0.1) is 0 Å². The molecule has 0 atom stereocenters. The molecule has 8 nitrogen and oxygen atoms in total. The molecule has 0 saturated heterocycles. The van der Waals surface area contributed by atoms with E-state index in [1.165, 1.54) is 0 Å². The zero-order valence-electron chi connectivity index (χ0n) is 12.8. The highest BCUT2D eigenvalue weighted by atomic mass is 35.5. The molecule has 0 radical (unpaired) electrons. The summed E-state index contributed by atoms with van der Waals surface area (Å²) in [4.78, 5) is 22.8. The van der Waals surface area contributed by atoms with E-state index in [0.717, 1.165) is 36.8 Å². The maximum atomic E-state index is 11.7. The summed E-state index contributed by atoms with van der Waals surface area (Å²) in [5.41, 5.74) is 5.31. The molecule has 0 aliphatic carbocycles. The molecule has 0 amide bonds. The molecule has 0 fully saturated rings. The Morgan fingerprint density at radius 2 is 1.82 bits per heavy atom. The molecule has 4 N–H and O–H groups in total.